The fraction of sp³-hybridized carbons (Fsp3) is 0.467. The number of nitrogens with one attached hydrogen (secondary N) is 1. The Balaban J connectivity index is 3.00. The molecule has 1 aromatic rings. The number of benzene rings is 1. The van der Waals surface area contributed by atoms with E-state index in [-0.39, 0.29) is 5.92 Å². The van der Waals surface area contributed by atoms with Crippen LogP contribution in [-0.4, -0.2) is 39.2 Å². The predicted octanol–water partition coefficient (Wildman–Crippen LogP) is 1.63. The number of esters is 1. The van der Waals surface area contributed by atoms with Crippen molar-refractivity contribution in [1.29, 1.82) is 0 Å². The molecule has 1 aromatic carbocycles. The topological polar surface area (TPSA) is 73.9 Å². The highest BCUT2D eigenvalue weighted by Crippen LogP contribution is 2.24. The van der Waals surface area contributed by atoms with Gasteiger partial charge in [-0.3, -0.25) is 4.79 Å². The zero-order chi connectivity index (χ0) is 16.0. The van der Waals surface area contributed by atoms with Crippen molar-refractivity contribution in [3.63, 3.8) is 0 Å². The first-order valence-corrected chi connectivity index (χ1v) is 6.55. The van der Waals surface area contributed by atoms with E-state index in [2.05, 4.69) is 5.32 Å². The maximum atomic E-state index is 12.3. The molecule has 1 rings (SSSR count). The van der Waals surface area contributed by atoms with Crippen molar-refractivity contribution in [2.75, 3.05) is 21.3 Å². The number of rotatable bonds is 6. The quantitative estimate of drug-likeness (QED) is 0.807. The normalized spacial score (nSPS) is 11.7. The number of hydrogen-bond donors (Lipinski definition) is 1. The van der Waals surface area contributed by atoms with Crippen LogP contribution < -0.4 is 14.8 Å². The molecular formula is C15H21NO5. The highest BCUT2D eigenvalue weighted by Gasteiger charge is 2.26. The molecule has 0 saturated heterocycles. The van der Waals surface area contributed by atoms with Gasteiger partial charge in [-0.2, -0.15) is 0 Å². The van der Waals surface area contributed by atoms with Crippen LogP contribution >= 0.6 is 0 Å². The van der Waals surface area contributed by atoms with Crippen LogP contribution in [0.3, 0.4) is 0 Å². The standard InChI is InChI=1S/C15H21NO5/c1-9(2)13(15(18)21-5)16-14(17)11-7-6-10(19-3)8-12(11)20-4/h6-9,13H,1-5H3,(H,16,17)/t13-/m0/s1. The van der Waals surface area contributed by atoms with Crippen LogP contribution in [0.2, 0.25) is 0 Å². The lowest BCUT2D eigenvalue weighted by Gasteiger charge is -2.20. The third-order valence-corrected chi connectivity index (χ3v) is 3.06. The number of ether oxygens (including phenoxy) is 3. The van der Waals surface area contributed by atoms with Gasteiger partial charge in [-0.25, -0.2) is 4.79 Å². The van der Waals surface area contributed by atoms with Gasteiger partial charge in [-0.1, -0.05) is 13.8 Å². The molecule has 0 fully saturated rings. The maximum Gasteiger partial charge on any atom is 0.328 e. The Morgan fingerprint density at radius 1 is 1.10 bits per heavy atom. The van der Waals surface area contributed by atoms with Gasteiger partial charge in [0.15, 0.2) is 0 Å². The number of carbonyl (C=O) groups is 2. The summed E-state index contributed by atoms with van der Waals surface area (Å²) in [6.07, 6.45) is 0. The fourth-order valence-corrected chi connectivity index (χ4v) is 1.83. The van der Waals surface area contributed by atoms with Crippen molar-refractivity contribution in [1.82, 2.24) is 5.32 Å². The average Bonchev–Trinajstić information content (AvgIpc) is 2.50. The summed E-state index contributed by atoms with van der Waals surface area (Å²) in [5, 5.41) is 2.66. The van der Waals surface area contributed by atoms with E-state index < -0.39 is 17.9 Å². The van der Waals surface area contributed by atoms with Crippen LogP contribution in [0.25, 0.3) is 0 Å². The van der Waals surface area contributed by atoms with Crippen LogP contribution in [-0.2, 0) is 9.53 Å². The number of hydrogen-bond acceptors (Lipinski definition) is 5. The van der Waals surface area contributed by atoms with E-state index in [0.29, 0.717) is 17.1 Å². The van der Waals surface area contributed by atoms with Crippen molar-refractivity contribution in [2.24, 2.45) is 5.92 Å². The lowest BCUT2D eigenvalue weighted by Crippen LogP contribution is -2.45. The molecule has 1 amide bonds. The second-order valence-electron chi connectivity index (χ2n) is 4.78. The molecule has 6 heteroatoms. The second-order valence-corrected chi connectivity index (χ2v) is 4.78. The first-order valence-electron chi connectivity index (χ1n) is 6.55. The van der Waals surface area contributed by atoms with Gasteiger partial charge in [0.2, 0.25) is 0 Å². The first-order chi connectivity index (χ1) is 9.94. The summed E-state index contributed by atoms with van der Waals surface area (Å²) in [6.45, 7) is 3.65. The van der Waals surface area contributed by atoms with Crippen LogP contribution in [0, 0.1) is 5.92 Å². The Bertz CT molecular complexity index is 513. The maximum absolute atomic E-state index is 12.3. The minimum atomic E-state index is -0.714. The molecular weight excluding hydrogens is 274 g/mol. The van der Waals surface area contributed by atoms with Crippen LogP contribution in [0.4, 0.5) is 0 Å². The van der Waals surface area contributed by atoms with E-state index in [1.807, 2.05) is 13.8 Å². The highest BCUT2D eigenvalue weighted by molar-refractivity contribution is 5.99. The van der Waals surface area contributed by atoms with E-state index in [4.69, 9.17) is 14.2 Å². The van der Waals surface area contributed by atoms with Crippen molar-refractivity contribution in [3.05, 3.63) is 23.8 Å². The second kappa shape index (κ2) is 7.52. The highest BCUT2D eigenvalue weighted by atomic mass is 16.5. The van der Waals surface area contributed by atoms with Crippen LogP contribution in [0.1, 0.15) is 24.2 Å². The lowest BCUT2D eigenvalue weighted by molar-refractivity contribution is -0.144. The van der Waals surface area contributed by atoms with Gasteiger partial charge in [0.25, 0.3) is 5.91 Å². The fourth-order valence-electron chi connectivity index (χ4n) is 1.83. The van der Waals surface area contributed by atoms with Gasteiger partial charge < -0.3 is 19.5 Å². The van der Waals surface area contributed by atoms with Gasteiger partial charge in [0.1, 0.15) is 17.5 Å². The van der Waals surface area contributed by atoms with Crippen molar-refractivity contribution in [2.45, 2.75) is 19.9 Å². The molecule has 0 radical (unpaired) electrons. The number of amides is 1. The molecule has 0 aliphatic heterocycles. The molecule has 116 valence electrons. The molecule has 0 aliphatic rings. The number of methoxy groups -OCH3 is 3. The summed E-state index contributed by atoms with van der Waals surface area (Å²) < 4.78 is 15.0. The Morgan fingerprint density at radius 2 is 1.76 bits per heavy atom. The van der Waals surface area contributed by atoms with Gasteiger partial charge in [-0.15, -0.1) is 0 Å². The Morgan fingerprint density at radius 3 is 2.24 bits per heavy atom. The van der Waals surface area contributed by atoms with Crippen LogP contribution in [0.5, 0.6) is 11.5 Å². The van der Waals surface area contributed by atoms with Gasteiger partial charge in [-0.05, 0) is 18.1 Å². The molecule has 0 aromatic heterocycles. The molecule has 0 bridgehead atoms. The minimum Gasteiger partial charge on any atom is -0.497 e. The molecule has 0 aliphatic carbocycles. The van der Waals surface area contributed by atoms with E-state index in [0.717, 1.165) is 0 Å². The summed E-state index contributed by atoms with van der Waals surface area (Å²) >= 11 is 0. The minimum absolute atomic E-state index is 0.0920. The average molecular weight is 295 g/mol. The first kappa shape index (κ1) is 16.8. The zero-order valence-electron chi connectivity index (χ0n) is 12.9. The third-order valence-electron chi connectivity index (χ3n) is 3.06. The molecule has 1 atom stereocenters. The molecule has 0 heterocycles. The Hall–Kier alpha value is -2.24. The van der Waals surface area contributed by atoms with Crippen molar-refractivity contribution < 1.29 is 23.8 Å². The summed E-state index contributed by atoms with van der Waals surface area (Å²) in [6, 6.07) is 4.13. The molecule has 0 saturated carbocycles. The van der Waals surface area contributed by atoms with E-state index in [1.54, 1.807) is 18.2 Å². The summed E-state index contributed by atoms with van der Waals surface area (Å²) in [5.41, 5.74) is 0.327. The Labute approximate surface area is 124 Å². The lowest BCUT2D eigenvalue weighted by atomic mass is 10.0. The monoisotopic (exact) mass is 295 g/mol. The molecule has 21 heavy (non-hydrogen) atoms. The summed E-state index contributed by atoms with van der Waals surface area (Å²) in [4.78, 5) is 24.0. The summed E-state index contributed by atoms with van der Waals surface area (Å²) in [5.74, 6) is -0.0222. The van der Waals surface area contributed by atoms with Gasteiger partial charge >= 0.3 is 5.97 Å². The van der Waals surface area contributed by atoms with E-state index >= 15 is 0 Å². The number of carbonyl (C=O) groups excluding carboxylic acids is 2. The SMILES string of the molecule is COC(=O)[C@@H](NC(=O)c1ccc(OC)cc1OC)C(C)C. The molecule has 0 unspecified atom stereocenters. The van der Waals surface area contributed by atoms with Crippen LogP contribution in [0.15, 0.2) is 18.2 Å². The van der Waals surface area contributed by atoms with Crippen molar-refractivity contribution in [3.8, 4) is 11.5 Å². The van der Waals surface area contributed by atoms with Crippen molar-refractivity contribution >= 4 is 11.9 Å². The summed E-state index contributed by atoms with van der Waals surface area (Å²) in [7, 11) is 4.28. The van der Waals surface area contributed by atoms with Gasteiger partial charge in [0, 0.05) is 6.07 Å². The largest absolute Gasteiger partial charge is 0.497 e. The predicted molar refractivity (Wildman–Crippen MR) is 77.7 cm³/mol. The molecule has 0 spiro atoms. The third kappa shape index (κ3) is 4.11. The Kier molecular flexibility index (Phi) is 6.02. The van der Waals surface area contributed by atoms with E-state index in [1.165, 1.54) is 21.3 Å². The zero-order valence-corrected chi connectivity index (χ0v) is 12.9. The molecule has 1 N–H and O–H groups in total. The molecule has 6 nitrogen and oxygen atoms in total. The van der Waals surface area contributed by atoms with E-state index in [9.17, 15) is 9.59 Å². The smallest absolute Gasteiger partial charge is 0.328 e. The van der Waals surface area contributed by atoms with Gasteiger partial charge in [0.05, 0.1) is 26.9 Å².